The van der Waals surface area contributed by atoms with Crippen molar-refractivity contribution in [1.29, 1.82) is 0 Å². The Morgan fingerprint density at radius 3 is 2.79 bits per heavy atom. The summed E-state index contributed by atoms with van der Waals surface area (Å²) in [5.41, 5.74) is -1.01. The maximum Gasteiger partial charge on any atom is 0.349 e. The highest BCUT2D eigenvalue weighted by Crippen LogP contribution is 2.24. The van der Waals surface area contributed by atoms with E-state index in [1.54, 1.807) is 33.2 Å². The maximum atomic E-state index is 11.8. The zero-order valence-corrected chi connectivity index (χ0v) is 11.3. The lowest BCUT2D eigenvalue weighted by molar-refractivity contribution is -0.158. The number of carbonyl (C=O) groups is 1. The van der Waals surface area contributed by atoms with Gasteiger partial charge >= 0.3 is 5.97 Å². The van der Waals surface area contributed by atoms with Gasteiger partial charge in [-0.25, -0.2) is 4.79 Å². The van der Waals surface area contributed by atoms with Gasteiger partial charge < -0.3 is 9.47 Å². The quantitative estimate of drug-likeness (QED) is 0.792. The van der Waals surface area contributed by atoms with Gasteiger partial charge in [0.2, 0.25) is 0 Å². The third-order valence-electron chi connectivity index (χ3n) is 2.75. The molecule has 0 bridgehead atoms. The molecule has 0 amide bonds. The van der Waals surface area contributed by atoms with Crippen molar-refractivity contribution in [2.24, 2.45) is 0 Å². The van der Waals surface area contributed by atoms with Crippen molar-refractivity contribution >= 4 is 16.7 Å². The van der Waals surface area contributed by atoms with E-state index in [0.29, 0.717) is 12.4 Å². The number of ether oxygens (including phenoxy) is 2. The van der Waals surface area contributed by atoms with Crippen LogP contribution < -0.4 is 4.74 Å². The minimum Gasteiger partial charge on any atom is -0.476 e. The molecular formula is C15H17NO3. The molecule has 0 aliphatic carbocycles. The number of carbonyl (C=O) groups excluding carboxylic acids is 1. The van der Waals surface area contributed by atoms with Gasteiger partial charge in [-0.1, -0.05) is 6.07 Å². The van der Waals surface area contributed by atoms with E-state index in [9.17, 15) is 4.79 Å². The molecule has 0 aliphatic heterocycles. The van der Waals surface area contributed by atoms with Gasteiger partial charge in [0.05, 0.1) is 6.61 Å². The Kier molecular flexibility index (Phi) is 3.69. The molecule has 0 aliphatic rings. The molecule has 1 aromatic carbocycles. The standard InChI is InChI=1S/C15H17NO3/c1-4-18-14(17)15(2,3)19-13-6-5-11-7-8-16-10-12(11)9-13/h5-10H,4H2,1-3H3. The summed E-state index contributed by atoms with van der Waals surface area (Å²) in [6, 6.07) is 7.57. The van der Waals surface area contributed by atoms with Gasteiger partial charge in [0.15, 0.2) is 5.60 Å². The third-order valence-corrected chi connectivity index (χ3v) is 2.75. The van der Waals surface area contributed by atoms with Crippen LogP contribution >= 0.6 is 0 Å². The first kappa shape index (κ1) is 13.3. The fraction of sp³-hybridized carbons (Fsp3) is 0.333. The summed E-state index contributed by atoms with van der Waals surface area (Å²) >= 11 is 0. The van der Waals surface area contributed by atoms with Crippen molar-refractivity contribution in [3.05, 3.63) is 36.7 Å². The van der Waals surface area contributed by atoms with Crippen molar-refractivity contribution in [2.75, 3.05) is 6.61 Å². The van der Waals surface area contributed by atoms with E-state index in [1.165, 1.54) is 0 Å². The van der Waals surface area contributed by atoms with Crippen LogP contribution in [0.2, 0.25) is 0 Å². The first-order valence-corrected chi connectivity index (χ1v) is 6.23. The Bertz CT molecular complexity index is 593. The molecule has 0 atom stereocenters. The first-order valence-electron chi connectivity index (χ1n) is 6.23. The summed E-state index contributed by atoms with van der Waals surface area (Å²) in [5.74, 6) is 0.250. The topological polar surface area (TPSA) is 48.4 Å². The Labute approximate surface area is 112 Å². The highest BCUT2D eigenvalue weighted by molar-refractivity contribution is 5.83. The molecule has 4 nitrogen and oxygen atoms in total. The number of aromatic nitrogens is 1. The lowest BCUT2D eigenvalue weighted by Crippen LogP contribution is -2.39. The van der Waals surface area contributed by atoms with Gasteiger partial charge in [-0.3, -0.25) is 4.98 Å². The first-order chi connectivity index (χ1) is 9.03. The predicted octanol–water partition coefficient (Wildman–Crippen LogP) is 2.96. The van der Waals surface area contributed by atoms with Gasteiger partial charge in [-0.05, 0) is 44.4 Å². The molecule has 0 saturated carbocycles. The molecule has 1 aromatic heterocycles. The van der Waals surface area contributed by atoms with Crippen LogP contribution in [0.3, 0.4) is 0 Å². The Balaban J connectivity index is 2.23. The molecule has 2 aromatic rings. The van der Waals surface area contributed by atoms with Gasteiger partial charge in [0.25, 0.3) is 0 Å². The number of nitrogens with zero attached hydrogens (tertiary/aromatic N) is 1. The summed E-state index contributed by atoms with van der Waals surface area (Å²) in [6.07, 6.45) is 3.50. The average molecular weight is 259 g/mol. The fourth-order valence-corrected chi connectivity index (χ4v) is 1.77. The second-order valence-electron chi connectivity index (χ2n) is 4.72. The fourth-order valence-electron chi connectivity index (χ4n) is 1.77. The van der Waals surface area contributed by atoms with Crippen molar-refractivity contribution in [1.82, 2.24) is 4.98 Å². The molecule has 0 unspecified atom stereocenters. The summed E-state index contributed by atoms with van der Waals surface area (Å²) in [4.78, 5) is 15.8. The van der Waals surface area contributed by atoms with Crippen LogP contribution in [0.15, 0.2) is 36.7 Å². The van der Waals surface area contributed by atoms with Crippen LogP contribution in [-0.4, -0.2) is 23.2 Å². The van der Waals surface area contributed by atoms with Crippen LogP contribution in [0.1, 0.15) is 20.8 Å². The second kappa shape index (κ2) is 5.26. The number of benzene rings is 1. The number of rotatable bonds is 4. The minimum atomic E-state index is -1.01. The molecule has 2 rings (SSSR count). The monoisotopic (exact) mass is 259 g/mol. The van der Waals surface area contributed by atoms with Crippen LogP contribution in [0, 0.1) is 0 Å². The van der Waals surface area contributed by atoms with Crippen LogP contribution in [0.4, 0.5) is 0 Å². The van der Waals surface area contributed by atoms with Gasteiger partial charge in [-0.15, -0.1) is 0 Å². The molecule has 4 heteroatoms. The molecule has 100 valence electrons. The van der Waals surface area contributed by atoms with Crippen LogP contribution in [0.25, 0.3) is 10.8 Å². The van der Waals surface area contributed by atoms with Gasteiger partial charge in [0, 0.05) is 17.8 Å². The SMILES string of the molecule is CCOC(=O)C(C)(C)Oc1ccc2ccncc2c1. The summed E-state index contributed by atoms with van der Waals surface area (Å²) in [7, 11) is 0. The molecule has 0 fully saturated rings. The Morgan fingerprint density at radius 2 is 2.05 bits per heavy atom. The number of pyridine rings is 1. The number of fused-ring (bicyclic) bond motifs is 1. The van der Waals surface area contributed by atoms with Crippen LogP contribution in [0.5, 0.6) is 5.75 Å². The van der Waals surface area contributed by atoms with E-state index in [0.717, 1.165) is 10.8 Å². The van der Waals surface area contributed by atoms with E-state index in [1.807, 2.05) is 24.3 Å². The second-order valence-corrected chi connectivity index (χ2v) is 4.72. The van der Waals surface area contributed by atoms with Gasteiger partial charge in [-0.2, -0.15) is 0 Å². The van der Waals surface area contributed by atoms with E-state index in [4.69, 9.17) is 9.47 Å². The van der Waals surface area contributed by atoms with Crippen molar-refractivity contribution in [3.8, 4) is 5.75 Å². The molecule has 19 heavy (non-hydrogen) atoms. The highest BCUT2D eigenvalue weighted by atomic mass is 16.6. The van der Waals surface area contributed by atoms with E-state index < -0.39 is 5.60 Å². The summed E-state index contributed by atoms with van der Waals surface area (Å²) in [5, 5.41) is 2.05. The normalized spacial score (nSPS) is 11.3. The predicted molar refractivity (Wildman–Crippen MR) is 73.1 cm³/mol. The van der Waals surface area contributed by atoms with Crippen LogP contribution in [-0.2, 0) is 9.53 Å². The molecule has 0 radical (unpaired) electrons. The number of hydrogen-bond acceptors (Lipinski definition) is 4. The third kappa shape index (κ3) is 3.02. The summed E-state index contributed by atoms with van der Waals surface area (Å²) < 4.78 is 10.7. The zero-order valence-electron chi connectivity index (χ0n) is 11.3. The average Bonchev–Trinajstić information content (AvgIpc) is 2.38. The summed E-state index contributed by atoms with van der Waals surface area (Å²) in [6.45, 7) is 5.50. The Morgan fingerprint density at radius 1 is 1.26 bits per heavy atom. The number of esters is 1. The Hall–Kier alpha value is -2.10. The molecule has 0 spiro atoms. The van der Waals surface area contributed by atoms with Crippen molar-refractivity contribution in [2.45, 2.75) is 26.4 Å². The van der Waals surface area contributed by atoms with Crippen molar-refractivity contribution in [3.63, 3.8) is 0 Å². The maximum absolute atomic E-state index is 11.8. The number of hydrogen-bond donors (Lipinski definition) is 0. The zero-order chi connectivity index (χ0) is 13.9. The lowest BCUT2D eigenvalue weighted by Gasteiger charge is -2.24. The highest BCUT2D eigenvalue weighted by Gasteiger charge is 2.31. The van der Waals surface area contributed by atoms with Gasteiger partial charge in [0.1, 0.15) is 5.75 Å². The molecule has 1 heterocycles. The smallest absolute Gasteiger partial charge is 0.349 e. The van der Waals surface area contributed by atoms with E-state index >= 15 is 0 Å². The minimum absolute atomic E-state index is 0.341. The van der Waals surface area contributed by atoms with E-state index in [-0.39, 0.29) is 5.97 Å². The van der Waals surface area contributed by atoms with Crippen molar-refractivity contribution < 1.29 is 14.3 Å². The molecule has 0 N–H and O–H groups in total. The molecular weight excluding hydrogens is 242 g/mol. The van der Waals surface area contributed by atoms with E-state index in [2.05, 4.69) is 4.98 Å². The molecule has 0 saturated heterocycles. The lowest BCUT2D eigenvalue weighted by atomic mass is 10.1. The largest absolute Gasteiger partial charge is 0.476 e.